The third kappa shape index (κ3) is 8.12. The van der Waals surface area contributed by atoms with Gasteiger partial charge in [0.25, 0.3) is 5.91 Å². The lowest BCUT2D eigenvalue weighted by molar-refractivity contribution is -0.143. The van der Waals surface area contributed by atoms with Crippen LogP contribution in [0.25, 0.3) is 22.3 Å². The van der Waals surface area contributed by atoms with E-state index in [-0.39, 0.29) is 41.8 Å². The molecule has 3 aliphatic heterocycles. The molecule has 340 valence electrons. The largest absolute Gasteiger partial charge is 0.477 e. The maximum absolute atomic E-state index is 15.4. The number of carbonyl (C=O) groups excluding carboxylic acids is 4. The molecular formula is C48H54F2N10O5. The molecule has 65 heavy (non-hydrogen) atoms. The zero-order valence-corrected chi connectivity index (χ0v) is 37.0. The number of piperidine rings is 1. The predicted molar refractivity (Wildman–Crippen MR) is 238 cm³/mol. The lowest BCUT2D eigenvalue weighted by Gasteiger charge is -2.39. The summed E-state index contributed by atoms with van der Waals surface area (Å²) >= 11 is 0. The number of ether oxygens (including phenoxy) is 1. The molecule has 0 radical (unpaired) electrons. The van der Waals surface area contributed by atoms with Crippen LogP contribution in [0.4, 0.5) is 20.4 Å². The van der Waals surface area contributed by atoms with Crippen LogP contribution in [0.3, 0.4) is 0 Å². The summed E-state index contributed by atoms with van der Waals surface area (Å²) in [6.07, 6.45) is 6.96. The van der Waals surface area contributed by atoms with Gasteiger partial charge in [0.05, 0.1) is 46.4 Å². The van der Waals surface area contributed by atoms with Crippen LogP contribution in [0.2, 0.25) is 0 Å². The number of aryl methyl sites for hydroxylation is 2. The number of rotatable bonds is 6. The van der Waals surface area contributed by atoms with Crippen LogP contribution in [0.15, 0.2) is 48.7 Å². The van der Waals surface area contributed by atoms with Crippen molar-refractivity contribution in [2.24, 2.45) is 18.4 Å². The molecule has 5 aromatic rings. The predicted octanol–water partition coefficient (Wildman–Crippen LogP) is 6.46. The zero-order chi connectivity index (χ0) is 45.2. The van der Waals surface area contributed by atoms with Gasteiger partial charge < -0.3 is 19.5 Å². The van der Waals surface area contributed by atoms with E-state index in [0.29, 0.717) is 107 Å². The smallest absolute Gasteiger partial charge is 0.258 e. The number of aromatic nitrogens is 5. The van der Waals surface area contributed by atoms with Gasteiger partial charge in [-0.25, -0.2) is 18.4 Å². The van der Waals surface area contributed by atoms with Crippen molar-refractivity contribution < 1.29 is 32.7 Å². The first kappa shape index (κ1) is 42.7. The molecule has 15 nitrogen and oxygen atoms in total. The van der Waals surface area contributed by atoms with E-state index in [1.54, 1.807) is 23.0 Å². The molecule has 3 aromatic heterocycles. The number of pyridine rings is 1. The number of piperazine rings is 1. The lowest BCUT2D eigenvalue weighted by Crippen LogP contribution is -2.52. The van der Waals surface area contributed by atoms with E-state index in [1.165, 1.54) is 12.1 Å². The molecule has 4 fully saturated rings. The highest BCUT2D eigenvalue weighted by Gasteiger charge is 2.59. The summed E-state index contributed by atoms with van der Waals surface area (Å²) in [7, 11) is 1.84. The minimum absolute atomic E-state index is 0.0263. The van der Waals surface area contributed by atoms with E-state index in [1.807, 2.05) is 24.9 Å². The Balaban J connectivity index is 0.797. The number of benzene rings is 2. The van der Waals surface area contributed by atoms with Crippen LogP contribution in [-0.4, -0.2) is 96.1 Å². The fourth-order valence-corrected chi connectivity index (χ4v) is 11.1. The average molecular weight is 889 g/mol. The van der Waals surface area contributed by atoms with Crippen molar-refractivity contribution in [1.82, 2.24) is 39.4 Å². The molecule has 5 aliphatic rings. The van der Waals surface area contributed by atoms with Gasteiger partial charge in [0.15, 0.2) is 0 Å². The minimum atomic E-state index is -1.06. The number of carbonyl (C=O) groups is 4. The van der Waals surface area contributed by atoms with Gasteiger partial charge in [0.2, 0.25) is 29.5 Å². The van der Waals surface area contributed by atoms with Gasteiger partial charge in [-0.1, -0.05) is 13.0 Å². The number of amides is 4. The number of nitrogens with zero attached hydrogens (tertiary/aromatic N) is 7. The highest BCUT2D eigenvalue weighted by atomic mass is 19.1. The molecule has 6 heterocycles. The van der Waals surface area contributed by atoms with E-state index in [2.05, 4.69) is 49.6 Å². The minimum Gasteiger partial charge on any atom is -0.477 e. The Morgan fingerprint density at radius 3 is 2.48 bits per heavy atom. The Hall–Kier alpha value is -6.23. The standard InChI is InChI=1S/C48H54F2N10O5/c1-28-5-4-18-65-44-34(24-51-57(44)3)38-21-31(19-29(2)52-38)42(62)55-46-53-37-8-6-30(20-39(37)60(46)25-28)26-58-14-16-59(17-15-58)45(64)47-10-12-48(27-47,13-11-47)56-32-22-35(49)41(36(50)23-32)33-7-9-40(61)54-43(33)63/h6,8,19-24,28,33,56H,4-5,7,9-18,25-27H2,1-3H3,(H,53,55,62)(H,54,61,63)/t28-,33-,47?,48?/m1/s1. The first-order chi connectivity index (χ1) is 31.2. The molecule has 2 aromatic carbocycles. The van der Waals surface area contributed by atoms with E-state index < -0.39 is 40.3 Å². The third-order valence-electron chi connectivity index (χ3n) is 14.4. The summed E-state index contributed by atoms with van der Waals surface area (Å²) in [6.45, 7) is 8.57. The highest BCUT2D eigenvalue weighted by molar-refractivity contribution is 6.05. The Kier molecular flexibility index (Phi) is 10.9. The van der Waals surface area contributed by atoms with E-state index in [0.717, 1.165) is 35.0 Å². The second-order valence-corrected chi connectivity index (χ2v) is 19.1. The molecule has 10 rings (SSSR count). The summed E-state index contributed by atoms with van der Waals surface area (Å²) in [5.41, 5.74) is 4.35. The van der Waals surface area contributed by atoms with Crippen molar-refractivity contribution in [3.63, 3.8) is 0 Å². The first-order valence-electron chi connectivity index (χ1n) is 22.8. The van der Waals surface area contributed by atoms with Crippen LogP contribution in [0, 0.1) is 29.9 Å². The van der Waals surface area contributed by atoms with Crippen molar-refractivity contribution in [3.05, 3.63) is 82.7 Å². The summed E-state index contributed by atoms with van der Waals surface area (Å²) in [5, 5.41) is 13.1. The maximum atomic E-state index is 15.4. The number of imidazole rings is 1. The van der Waals surface area contributed by atoms with Gasteiger partial charge in [0, 0.05) is 80.8 Å². The van der Waals surface area contributed by atoms with Gasteiger partial charge in [-0.15, -0.1) is 0 Å². The van der Waals surface area contributed by atoms with Crippen molar-refractivity contribution in [2.45, 2.75) is 96.2 Å². The number of fused-ring (bicyclic) bond motifs is 9. The number of hydrogen-bond acceptors (Lipinski definition) is 10. The van der Waals surface area contributed by atoms with Crippen molar-refractivity contribution >= 4 is 46.3 Å². The highest BCUT2D eigenvalue weighted by Crippen LogP contribution is 2.58. The fraction of sp³-hybridized carbons (Fsp3) is 0.479. The topological polar surface area (TPSA) is 169 Å². The Bertz CT molecular complexity index is 2710. The van der Waals surface area contributed by atoms with Crippen molar-refractivity contribution in [2.75, 3.05) is 43.4 Å². The summed E-state index contributed by atoms with van der Waals surface area (Å²) in [4.78, 5) is 66.2. The van der Waals surface area contributed by atoms with Crippen LogP contribution in [0.1, 0.15) is 97.8 Å². The van der Waals surface area contributed by atoms with Crippen molar-refractivity contribution in [3.8, 4) is 17.1 Å². The molecular weight excluding hydrogens is 835 g/mol. The van der Waals surface area contributed by atoms with E-state index >= 15 is 8.78 Å². The SMILES string of the molecule is Cc1cc2cc(n1)-c1cnn(C)c1OCCC[C@@H](C)Cn1c(nc3ccc(CN4CCN(C(=O)C56CCC(Nc7cc(F)c([C@H]8CCC(=O)NC8=O)c(F)c7)(CC5)C6)CC4)cc31)NC2=O. The Morgan fingerprint density at radius 1 is 0.954 bits per heavy atom. The number of imide groups is 1. The molecule has 4 bridgehead atoms. The molecule has 3 N–H and O–H groups in total. The molecule has 0 spiro atoms. The quantitative estimate of drug-likeness (QED) is 0.161. The van der Waals surface area contributed by atoms with Gasteiger partial charge in [-0.05, 0) is 106 Å². The summed E-state index contributed by atoms with van der Waals surface area (Å²) < 4.78 is 40.8. The first-order valence-corrected chi connectivity index (χ1v) is 22.8. The molecule has 2 aliphatic carbocycles. The monoisotopic (exact) mass is 888 g/mol. The normalized spacial score (nSPS) is 25.0. The molecule has 2 saturated heterocycles. The average Bonchev–Trinajstić information content (AvgIpc) is 4.03. The maximum Gasteiger partial charge on any atom is 0.258 e. The second-order valence-electron chi connectivity index (χ2n) is 19.1. The van der Waals surface area contributed by atoms with Gasteiger partial charge in [0.1, 0.15) is 11.6 Å². The van der Waals surface area contributed by atoms with Gasteiger partial charge >= 0.3 is 0 Å². The lowest BCUT2D eigenvalue weighted by atomic mass is 9.82. The van der Waals surface area contributed by atoms with Gasteiger partial charge in [-0.3, -0.25) is 39.7 Å². The van der Waals surface area contributed by atoms with E-state index in [9.17, 15) is 19.2 Å². The summed E-state index contributed by atoms with van der Waals surface area (Å²) in [6, 6.07) is 12.3. The summed E-state index contributed by atoms with van der Waals surface area (Å²) in [5.74, 6) is -2.60. The molecule has 2 saturated carbocycles. The van der Waals surface area contributed by atoms with Crippen LogP contribution in [0.5, 0.6) is 5.88 Å². The van der Waals surface area contributed by atoms with Crippen LogP contribution in [-0.2, 0) is 34.5 Å². The molecule has 0 unspecified atom stereocenters. The van der Waals surface area contributed by atoms with Gasteiger partial charge in [-0.2, -0.15) is 5.10 Å². The zero-order valence-electron chi connectivity index (χ0n) is 37.0. The van der Waals surface area contributed by atoms with Crippen LogP contribution < -0.4 is 20.7 Å². The number of hydrogen-bond donors (Lipinski definition) is 3. The van der Waals surface area contributed by atoms with Crippen LogP contribution >= 0.6 is 0 Å². The molecule has 2 atom stereocenters. The number of nitrogens with one attached hydrogen (secondary N) is 3. The second kappa shape index (κ2) is 16.6. The van der Waals surface area contributed by atoms with Crippen molar-refractivity contribution in [1.29, 1.82) is 0 Å². The Labute approximate surface area is 375 Å². The third-order valence-corrected chi connectivity index (χ3v) is 14.4. The number of anilines is 2. The van der Waals surface area contributed by atoms with E-state index in [4.69, 9.17) is 14.7 Å². The molecule has 17 heteroatoms. The fourth-order valence-electron chi connectivity index (χ4n) is 11.1. The Morgan fingerprint density at radius 2 is 1.72 bits per heavy atom. The molecule has 4 amide bonds. The number of halogens is 2.